The molecule has 1 saturated heterocycles. The topological polar surface area (TPSA) is 96.0 Å². The van der Waals surface area contributed by atoms with E-state index in [4.69, 9.17) is 4.74 Å². The molecule has 2 rings (SSSR count). The van der Waals surface area contributed by atoms with Gasteiger partial charge in [-0.25, -0.2) is 0 Å². The highest BCUT2D eigenvalue weighted by Crippen LogP contribution is 2.21. The molecule has 0 spiro atoms. The Morgan fingerprint density at radius 2 is 1.71 bits per heavy atom. The fourth-order valence-corrected chi connectivity index (χ4v) is 3.56. The maximum Gasteiger partial charge on any atom is 0.325 e. The minimum absolute atomic E-state index is 0.0553. The highest BCUT2D eigenvalue weighted by molar-refractivity contribution is 5.98. The van der Waals surface area contributed by atoms with Gasteiger partial charge in [-0.1, -0.05) is 13.8 Å². The Morgan fingerprint density at radius 1 is 1.10 bits per heavy atom. The number of hydrogen-bond donors (Lipinski definition) is 1. The van der Waals surface area contributed by atoms with Gasteiger partial charge in [-0.3, -0.25) is 19.2 Å². The lowest BCUT2D eigenvalue weighted by Gasteiger charge is -2.33. The van der Waals surface area contributed by atoms with Gasteiger partial charge in [-0.05, 0) is 57.4 Å². The van der Waals surface area contributed by atoms with Crippen molar-refractivity contribution in [3.63, 3.8) is 0 Å². The first-order valence-electron chi connectivity index (χ1n) is 10.9. The number of anilines is 1. The molecular weight excluding hydrogens is 398 g/mol. The lowest BCUT2D eigenvalue weighted by atomic mass is 10.1. The van der Waals surface area contributed by atoms with Crippen LogP contribution in [-0.2, 0) is 19.1 Å². The second kappa shape index (κ2) is 11.5. The Bertz CT molecular complexity index is 783. The second-order valence-corrected chi connectivity index (χ2v) is 7.85. The fraction of sp³-hybridized carbons (Fsp3) is 0.565. The van der Waals surface area contributed by atoms with Crippen LogP contribution in [0.4, 0.5) is 5.69 Å². The van der Waals surface area contributed by atoms with Crippen LogP contribution < -0.4 is 10.2 Å². The van der Waals surface area contributed by atoms with Gasteiger partial charge >= 0.3 is 5.97 Å². The number of carbonyl (C=O) groups excluding carboxylic acids is 4. The standard InChI is InChI=1S/C23H33N3O5/c1-5-16(3)26(17(4)6-2)21(28)15-31-22(29)14-24-23(30)18-9-11-19(12-10-18)25-13-7-8-20(25)27/h9-12,16-17H,5-8,13-15H2,1-4H3,(H,24,30)/t16-,17-/m0/s1. The van der Waals surface area contributed by atoms with Crippen molar-refractivity contribution in [2.75, 3.05) is 24.6 Å². The number of nitrogens with one attached hydrogen (secondary N) is 1. The van der Waals surface area contributed by atoms with Crippen LogP contribution in [0.1, 0.15) is 63.7 Å². The van der Waals surface area contributed by atoms with Crippen molar-refractivity contribution in [1.82, 2.24) is 10.2 Å². The smallest absolute Gasteiger partial charge is 0.325 e. The van der Waals surface area contributed by atoms with Crippen molar-refractivity contribution < 1.29 is 23.9 Å². The molecule has 3 amide bonds. The summed E-state index contributed by atoms with van der Waals surface area (Å²) in [5.41, 5.74) is 1.13. The van der Waals surface area contributed by atoms with Crippen LogP contribution in [0.3, 0.4) is 0 Å². The first kappa shape index (κ1) is 24.4. The third-order valence-corrected chi connectivity index (χ3v) is 5.68. The number of nitrogens with zero attached hydrogens (tertiary/aromatic N) is 2. The van der Waals surface area contributed by atoms with E-state index in [-0.39, 0.29) is 37.0 Å². The quantitative estimate of drug-likeness (QED) is 0.574. The number of ether oxygens (including phenoxy) is 1. The molecule has 1 heterocycles. The van der Waals surface area contributed by atoms with E-state index in [1.807, 2.05) is 27.7 Å². The average Bonchev–Trinajstić information content (AvgIpc) is 3.21. The van der Waals surface area contributed by atoms with Crippen LogP contribution in [-0.4, -0.2) is 60.4 Å². The van der Waals surface area contributed by atoms with Crippen molar-refractivity contribution in [3.8, 4) is 0 Å². The van der Waals surface area contributed by atoms with Crippen molar-refractivity contribution in [1.29, 1.82) is 0 Å². The lowest BCUT2D eigenvalue weighted by molar-refractivity contribution is -0.153. The molecule has 1 aliphatic rings. The third-order valence-electron chi connectivity index (χ3n) is 5.68. The summed E-state index contributed by atoms with van der Waals surface area (Å²) in [6.07, 6.45) is 2.99. The molecule has 0 bridgehead atoms. The molecule has 0 saturated carbocycles. The van der Waals surface area contributed by atoms with Crippen LogP contribution in [0.25, 0.3) is 0 Å². The third kappa shape index (κ3) is 6.54. The Balaban J connectivity index is 1.81. The van der Waals surface area contributed by atoms with Gasteiger partial charge in [0.15, 0.2) is 6.61 Å². The Labute approximate surface area is 183 Å². The molecule has 1 fully saturated rings. The molecule has 8 heteroatoms. The predicted octanol–water partition coefficient (Wildman–Crippen LogP) is 2.51. The lowest BCUT2D eigenvalue weighted by Crippen LogP contribution is -2.46. The van der Waals surface area contributed by atoms with Crippen molar-refractivity contribution in [2.45, 2.75) is 65.5 Å². The van der Waals surface area contributed by atoms with Gasteiger partial charge in [0, 0.05) is 36.3 Å². The normalized spacial score (nSPS) is 15.4. The summed E-state index contributed by atoms with van der Waals surface area (Å²) in [4.78, 5) is 52.0. The van der Waals surface area contributed by atoms with Gasteiger partial charge in [-0.15, -0.1) is 0 Å². The number of benzene rings is 1. The first-order chi connectivity index (χ1) is 14.8. The number of hydrogen-bond acceptors (Lipinski definition) is 5. The summed E-state index contributed by atoms with van der Waals surface area (Å²) >= 11 is 0. The molecule has 1 aromatic carbocycles. The zero-order chi connectivity index (χ0) is 23.0. The molecular formula is C23H33N3O5. The first-order valence-corrected chi connectivity index (χ1v) is 10.9. The van der Waals surface area contributed by atoms with E-state index in [1.54, 1.807) is 34.1 Å². The molecule has 31 heavy (non-hydrogen) atoms. The number of rotatable bonds is 10. The summed E-state index contributed by atoms with van der Waals surface area (Å²) in [6.45, 7) is 7.95. The van der Waals surface area contributed by atoms with Crippen LogP contribution in [0.5, 0.6) is 0 Å². The van der Waals surface area contributed by atoms with E-state index in [0.717, 1.165) is 24.9 Å². The Morgan fingerprint density at radius 3 is 2.23 bits per heavy atom. The monoisotopic (exact) mass is 431 g/mol. The molecule has 1 aromatic rings. The predicted molar refractivity (Wildman–Crippen MR) is 118 cm³/mol. The highest BCUT2D eigenvalue weighted by atomic mass is 16.5. The second-order valence-electron chi connectivity index (χ2n) is 7.85. The minimum atomic E-state index is -0.672. The Kier molecular flexibility index (Phi) is 9.03. The molecule has 2 atom stereocenters. The van der Waals surface area contributed by atoms with E-state index < -0.39 is 11.9 Å². The van der Waals surface area contributed by atoms with Crippen LogP contribution >= 0.6 is 0 Å². The number of carbonyl (C=O) groups is 4. The van der Waals surface area contributed by atoms with E-state index in [1.165, 1.54) is 0 Å². The van der Waals surface area contributed by atoms with Gasteiger partial charge in [0.2, 0.25) is 5.91 Å². The van der Waals surface area contributed by atoms with Crippen LogP contribution in [0.2, 0.25) is 0 Å². The summed E-state index contributed by atoms with van der Waals surface area (Å²) in [7, 11) is 0. The minimum Gasteiger partial charge on any atom is -0.454 e. The summed E-state index contributed by atoms with van der Waals surface area (Å²) < 4.78 is 5.07. The van der Waals surface area contributed by atoms with Crippen molar-refractivity contribution >= 4 is 29.4 Å². The van der Waals surface area contributed by atoms with Gasteiger partial charge in [-0.2, -0.15) is 0 Å². The van der Waals surface area contributed by atoms with Crippen LogP contribution in [0.15, 0.2) is 24.3 Å². The largest absolute Gasteiger partial charge is 0.454 e. The number of amides is 3. The molecule has 0 aromatic heterocycles. The summed E-state index contributed by atoms with van der Waals surface area (Å²) in [6, 6.07) is 6.77. The average molecular weight is 432 g/mol. The van der Waals surface area contributed by atoms with E-state index in [2.05, 4.69) is 5.32 Å². The molecule has 170 valence electrons. The zero-order valence-corrected chi connectivity index (χ0v) is 18.8. The van der Waals surface area contributed by atoms with E-state index >= 15 is 0 Å². The van der Waals surface area contributed by atoms with Gasteiger partial charge < -0.3 is 19.9 Å². The highest BCUT2D eigenvalue weighted by Gasteiger charge is 2.25. The van der Waals surface area contributed by atoms with Gasteiger partial charge in [0.1, 0.15) is 6.54 Å². The molecule has 1 N–H and O–H groups in total. The molecule has 0 unspecified atom stereocenters. The van der Waals surface area contributed by atoms with Gasteiger partial charge in [0.25, 0.3) is 11.8 Å². The van der Waals surface area contributed by atoms with Gasteiger partial charge in [0.05, 0.1) is 0 Å². The zero-order valence-electron chi connectivity index (χ0n) is 18.8. The SMILES string of the molecule is CC[C@H](C)N(C(=O)COC(=O)CNC(=O)c1ccc(N2CCCC2=O)cc1)[C@@H](C)CC. The fourth-order valence-electron chi connectivity index (χ4n) is 3.56. The van der Waals surface area contributed by atoms with E-state index in [9.17, 15) is 19.2 Å². The Hall–Kier alpha value is -2.90. The molecule has 0 radical (unpaired) electrons. The van der Waals surface area contributed by atoms with Crippen molar-refractivity contribution in [3.05, 3.63) is 29.8 Å². The maximum atomic E-state index is 12.5. The van der Waals surface area contributed by atoms with Crippen LogP contribution in [0, 0.1) is 0 Å². The van der Waals surface area contributed by atoms with Crippen molar-refractivity contribution in [2.24, 2.45) is 0 Å². The molecule has 1 aliphatic heterocycles. The van der Waals surface area contributed by atoms with E-state index in [0.29, 0.717) is 18.5 Å². The summed E-state index contributed by atoms with van der Waals surface area (Å²) in [5, 5.41) is 2.50. The molecule has 0 aliphatic carbocycles. The number of esters is 1. The maximum absolute atomic E-state index is 12.5. The summed E-state index contributed by atoms with van der Waals surface area (Å²) in [5.74, 6) is -1.26. The molecule has 8 nitrogen and oxygen atoms in total.